The number of guanidine groups is 1. The number of hydrogen-bond donors (Lipinski definition) is 2. The van der Waals surface area contributed by atoms with Crippen molar-refractivity contribution >= 4 is 35.8 Å². The van der Waals surface area contributed by atoms with Crippen molar-refractivity contribution in [3.05, 3.63) is 77.7 Å². The van der Waals surface area contributed by atoms with Crippen molar-refractivity contribution in [1.82, 2.24) is 25.4 Å². The summed E-state index contributed by atoms with van der Waals surface area (Å²) in [7, 11) is 0. The van der Waals surface area contributed by atoms with E-state index in [0.717, 1.165) is 38.0 Å². The number of nitrogens with one attached hydrogen (secondary N) is 2. The molecule has 1 aliphatic heterocycles. The van der Waals surface area contributed by atoms with Crippen LogP contribution in [-0.4, -0.2) is 40.4 Å². The standard InChI is InChI=1S/C24H31N7.HI/c1-2-25-24(27-17-20-10-12-26-23(16-20)30-13-5-6-14-30)28-18-21-8-3-4-9-22(21)19-31-15-7-11-29-31;/h3-4,7-12,15-16H,2,5-6,13-14,17-19H2,1H3,(H2,25,27,28);1H. The second-order valence-electron chi connectivity index (χ2n) is 7.74. The minimum atomic E-state index is 0. The molecule has 0 spiro atoms. The zero-order valence-electron chi connectivity index (χ0n) is 18.6. The summed E-state index contributed by atoms with van der Waals surface area (Å²) in [6.45, 7) is 7.18. The average molecular weight is 545 g/mol. The smallest absolute Gasteiger partial charge is 0.191 e. The molecule has 2 aromatic heterocycles. The van der Waals surface area contributed by atoms with Gasteiger partial charge in [0.15, 0.2) is 5.96 Å². The third kappa shape index (κ3) is 6.69. The van der Waals surface area contributed by atoms with Crippen LogP contribution in [0, 0.1) is 0 Å². The number of rotatable bonds is 8. The second kappa shape index (κ2) is 12.4. The highest BCUT2D eigenvalue weighted by Gasteiger charge is 2.13. The predicted octanol–water partition coefficient (Wildman–Crippen LogP) is 3.80. The maximum Gasteiger partial charge on any atom is 0.191 e. The highest BCUT2D eigenvalue weighted by molar-refractivity contribution is 14.0. The van der Waals surface area contributed by atoms with Crippen LogP contribution in [0.5, 0.6) is 0 Å². The molecule has 3 aromatic rings. The number of nitrogens with zero attached hydrogens (tertiary/aromatic N) is 5. The molecule has 0 unspecified atom stereocenters. The number of pyridine rings is 1. The maximum atomic E-state index is 4.80. The molecule has 0 amide bonds. The number of hydrogen-bond acceptors (Lipinski definition) is 4. The molecule has 32 heavy (non-hydrogen) atoms. The molecule has 170 valence electrons. The lowest BCUT2D eigenvalue weighted by atomic mass is 10.1. The van der Waals surface area contributed by atoms with Crippen molar-refractivity contribution in [2.24, 2.45) is 4.99 Å². The van der Waals surface area contributed by atoms with Gasteiger partial charge < -0.3 is 15.5 Å². The van der Waals surface area contributed by atoms with Crippen LogP contribution in [0.1, 0.15) is 36.5 Å². The fourth-order valence-electron chi connectivity index (χ4n) is 3.82. The molecule has 0 radical (unpaired) electrons. The average Bonchev–Trinajstić information content (AvgIpc) is 3.51. The van der Waals surface area contributed by atoms with Crippen LogP contribution in [-0.2, 0) is 19.6 Å². The van der Waals surface area contributed by atoms with Gasteiger partial charge in [0.25, 0.3) is 0 Å². The molecule has 1 aliphatic rings. The van der Waals surface area contributed by atoms with Crippen molar-refractivity contribution < 1.29 is 0 Å². The molecule has 2 N–H and O–H groups in total. The lowest BCUT2D eigenvalue weighted by Gasteiger charge is -2.17. The lowest BCUT2D eigenvalue weighted by molar-refractivity contribution is 0.677. The molecule has 1 aromatic carbocycles. The number of benzene rings is 1. The van der Waals surface area contributed by atoms with Gasteiger partial charge in [-0.1, -0.05) is 24.3 Å². The quantitative estimate of drug-likeness (QED) is 0.256. The van der Waals surface area contributed by atoms with E-state index in [1.165, 1.54) is 29.5 Å². The molecule has 0 atom stereocenters. The molecule has 1 saturated heterocycles. The number of aromatic nitrogens is 3. The fraction of sp³-hybridized carbons (Fsp3) is 0.375. The Morgan fingerprint density at radius 1 is 1.03 bits per heavy atom. The van der Waals surface area contributed by atoms with Gasteiger partial charge in [0.05, 0.1) is 13.1 Å². The van der Waals surface area contributed by atoms with E-state index in [-0.39, 0.29) is 24.0 Å². The van der Waals surface area contributed by atoms with Gasteiger partial charge in [0, 0.05) is 44.8 Å². The molecule has 4 rings (SSSR count). The summed E-state index contributed by atoms with van der Waals surface area (Å²) in [4.78, 5) is 11.7. The zero-order valence-corrected chi connectivity index (χ0v) is 20.9. The van der Waals surface area contributed by atoms with Gasteiger partial charge >= 0.3 is 0 Å². The largest absolute Gasteiger partial charge is 0.357 e. The first kappa shape index (κ1) is 24.0. The summed E-state index contributed by atoms with van der Waals surface area (Å²) in [5.74, 6) is 1.88. The Balaban J connectivity index is 0.00000289. The number of halogens is 1. The van der Waals surface area contributed by atoms with E-state index in [9.17, 15) is 0 Å². The molecule has 3 heterocycles. The van der Waals surface area contributed by atoms with Crippen LogP contribution in [0.25, 0.3) is 0 Å². The first-order valence-corrected chi connectivity index (χ1v) is 11.1. The highest BCUT2D eigenvalue weighted by atomic mass is 127. The minimum Gasteiger partial charge on any atom is -0.357 e. The maximum absolute atomic E-state index is 4.80. The van der Waals surface area contributed by atoms with Crippen LogP contribution in [0.2, 0.25) is 0 Å². The van der Waals surface area contributed by atoms with Crippen LogP contribution in [0.3, 0.4) is 0 Å². The highest BCUT2D eigenvalue weighted by Crippen LogP contribution is 2.18. The van der Waals surface area contributed by atoms with Gasteiger partial charge in [-0.3, -0.25) is 4.68 Å². The molecule has 1 fully saturated rings. The fourth-order valence-corrected chi connectivity index (χ4v) is 3.82. The van der Waals surface area contributed by atoms with Crippen LogP contribution in [0.15, 0.2) is 66.0 Å². The normalized spacial score (nSPS) is 13.7. The molecule has 8 heteroatoms. The SMILES string of the molecule is CCNC(=NCc1ccnc(N2CCCC2)c1)NCc1ccccc1Cn1cccn1.I. The summed E-state index contributed by atoms with van der Waals surface area (Å²) < 4.78 is 1.94. The van der Waals surface area contributed by atoms with Gasteiger partial charge in [-0.15, -0.1) is 24.0 Å². The topological polar surface area (TPSA) is 70.4 Å². The molecular formula is C24H32IN7. The monoisotopic (exact) mass is 545 g/mol. The number of anilines is 1. The third-order valence-corrected chi connectivity index (χ3v) is 5.46. The van der Waals surface area contributed by atoms with E-state index < -0.39 is 0 Å². The Bertz CT molecular complexity index is 982. The summed E-state index contributed by atoms with van der Waals surface area (Å²) >= 11 is 0. The van der Waals surface area contributed by atoms with Gasteiger partial charge in [0.2, 0.25) is 0 Å². The van der Waals surface area contributed by atoms with Gasteiger partial charge in [-0.2, -0.15) is 5.10 Å². The van der Waals surface area contributed by atoms with Gasteiger partial charge in [0.1, 0.15) is 5.82 Å². The van der Waals surface area contributed by atoms with E-state index in [1.807, 2.05) is 35.4 Å². The molecule has 0 saturated carbocycles. The first-order chi connectivity index (χ1) is 15.3. The Kier molecular flexibility index (Phi) is 9.33. The zero-order chi connectivity index (χ0) is 21.3. The molecule has 7 nitrogen and oxygen atoms in total. The van der Waals surface area contributed by atoms with Crippen molar-refractivity contribution in [3.63, 3.8) is 0 Å². The summed E-state index contributed by atoms with van der Waals surface area (Å²) in [6, 6.07) is 14.6. The van der Waals surface area contributed by atoms with Crippen molar-refractivity contribution in [1.29, 1.82) is 0 Å². The Labute approximate surface area is 207 Å². The molecule has 0 aliphatic carbocycles. The van der Waals surface area contributed by atoms with E-state index in [1.54, 1.807) is 0 Å². The van der Waals surface area contributed by atoms with Gasteiger partial charge in [-0.05, 0) is 54.7 Å². The van der Waals surface area contributed by atoms with Crippen LogP contribution in [0.4, 0.5) is 5.82 Å². The van der Waals surface area contributed by atoms with Crippen molar-refractivity contribution in [2.75, 3.05) is 24.5 Å². The minimum absolute atomic E-state index is 0. The van der Waals surface area contributed by atoms with E-state index >= 15 is 0 Å². The first-order valence-electron chi connectivity index (χ1n) is 11.1. The Morgan fingerprint density at radius 2 is 1.84 bits per heavy atom. The molecule has 0 bridgehead atoms. The van der Waals surface area contributed by atoms with Gasteiger partial charge in [-0.25, -0.2) is 9.98 Å². The lowest BCUT2D eigenvalue weighted by Crippen LogP contribution is -2.37. The van der Waals surface area contributed by atoms with E-state index in [0.29, 0.717) is 13.1 Å². The van der Waals surface area contributed by atoms with Crippen LogP contribution >= 0.6 is 24.0 Å². The number of aliphatic imine (C=N–C) groups is 1. The van der Waals surface area contributed by atoms with Crippen LogP contribution < -0.4 is 15.5 Å². The predicted molar refractivity (Wildman–Crippen MR) is 141 cm³/mol. The second-order valence-corrected chi connectivity index (χ2v) is 7.74. The third-order valence-electron chi connectivity index (χ3n) is 5.46. The van der Waals surface area contributed by atoms with Crippen molar-refractivity contribution in [2.45, 2.75) is 39.4 Å². The summed E-state index contributed by atoms with van der Waals surface area (Å²) in [5, 5.41) is 11.2. The molecular weight excluding hydrogens is 513 g/mol. The Hall–Kier alpha value is -2.62. The summed E-state index contributed by atoms with van der Waals surface area (Å²) in [6.07, 6.45) is 8.19. The Morgan fingerprint density at radius 3 is 2.59 bits per heavy atom. The van der Waals surface area contributed by atoms with E-state index in [4.69, 9.17) is 4.99 Å². The van der Waals surface area contributed by atoms with E-state index in [2.05, 4.69) is 62.9 Å². The van der Waals surface area contributed by atoms with Crippen molar-refractivity contribution in [3.8, 4) is 0 Å². The summed E-state index contributed by atoms with van der Waals surface area (Å²) in [5.41, 5.74) is 3.66.